The number of likely N-dealkylation sites (tertiary alicyclic amines) is 1. The topological polar surface area (TPSA) is 143 Å². The Balaban J connectivity index is 1.06. The first kappa shape index (κ1) is 35.6. The van der Waals surface area contributed by atoms with Gasteiger partial charge in [0.15, 0.2) is 6.10 Å². The van der Waals surface area contributed by atoms with Crippen LogP contribution in [0.4, 0.5) is 15.3 Å². The van der Waals surface area contributed by atoms with Crippen LogP contribution in [-0.2, 0) is 27.2 Å². The zero-order chi connectivity index (χ0) is 35.4. The quantitative estimate of drug-likeness (QED) is 0.345. The zero-order valence-electron chi connectivity index (χ0n) is 29.3. The fourth-order valence-corrected chi connectivity index (χ4v) is 8.32. The van der Waals surface area contributed by atoms with Crippen LogP contribution in [0.25, 0.3) is 0 Å². The molecule has 0 bridgehead atoms. The maximum Gasteiger partial charge on any atom is 0.410 e. The van der Waals surface area contributed by atoms with Crippen molar-refractivity contribution in [3.8, 4) is 5.75 Å². The molecule has 4 amide bonds. The van der Waals surface area contributed by atoms with E-state index in [0.717, 1.165) is 62.0 Å². The fraction of sp³-hybridized carbons (Fsp3) is 0.556. The Morgan fingerprint density at radius 3 is 2.18 bits per heavy atom. The number of ether oxygens (including phenoxy) is 1. The average molecular weight is 685 g/mol. The van der Waals surface area contributed by atoms with Gasteiger partial charge >= 0.3 is 18.1 Å². The second kappa shape index (κ2) is 15.8. The van der Waals surface area contributed by atoms with Gasteiger partial charge in [-0.2, -0.15) is 0 Å². The Kier molecular flexibility index (Phi) is 11.2. The molecule has 6 rings (SSSR count). The summed E-state index contributed by atoms with van der Waals surface area (Å²) in [6, 6.07) is 11.8. The molecule has 50 heavy (non-hydrogen) atoms. The van der Waals surface area contributed by atoms with E-state index in [2.05, 4.69) is 10.2 Å². The summed E-state index contributed by atoms with van der Waals surface area (Å²) >= 11 is 0. The summed E-state index contributed by atoms with van der Waals surface area (Å²) in [6.07, 6.45) is 4.66. The van der Waals surface area contributed by atoms with Gasteiger partial charge in [0.25, 0.3) is 5.91 Å². The number of carboxylic acid groups (broad SMARTS) is 1. The number of urea groups is 1. The smallest absolute Gasteiger partial charge is 0.410 e. The molecule has 2 aromatic rings. The Labute approximate surface area is 295 Å². The van der Waals surface area contributed by atoms with Crippen molar-refractivity contribution in [1.82, 2.24) is 19.6 Å². The number of amides is 4. The van der Waals surface area contributed by atoms with Gasteiger partial charge in [0, 0.05) is 76.4 Å². The van der Waals surface area contributed by atoms with Gasteiger partial charge in [0.1, 0.15) is 21.4 Å². The molecular weight excluding hydrogens is 636 g/mol. The Bertz CT molecular complexity index is 1550. The Hall–Kier alpha value is -4.19. The third-order valence-corrected chi connectivity index (χ3v) is 11.2. The summed E-state index contributed by atoms with van der Waals surface area (Å²) in [5.41, 5.74) is 4.17. The van der Waals surface area contributed by atoms with Crippen molar-refractivity contribution in [3.63, 3.8) is 0 Å². The number of piperazine rings is 1. The van der Waals surface area contributed by atoms with Gasteiger partial charge in [-0.3, -0.25) is 14.5 Å². The average Bonchev–Trinajstić information content (AvgIpc) is 3.28. The van der Waals surface area contributed by atoms with Gasteiger partial charge in [-0.15, -0.1) is 0 Å². The van der Waals surface area contributed by atoms with Crippen molar-refractivity contribution in [2.24, 2.45) is 5.92 Å². The van der Waals surface area contributed by atoms with Crippen molar-refractivity contribution in [2.45, 2.75) is 76.0 Å². The minimum absolute atomic E-state index is 0.00254. The number of benzene rings is 2. The van der Waals surface area contributed by atoms with Crippen LogP contribution in [0.15, 0.2) is 36.4 Å². The minimum Gasteiger partial charge on any atom is -0.509 e. The maximum atomic E-state index is 14.1. The molecule has 1 saturated carbocycles. The number of aliphatic carboxylic acids is 1. The standard InChI is InChI=1S/C36H49B2N5O7/c37-28-19-24(20-29(38)33(28)46)21-31(34(47)41-17-15-40(16-18-41)26-7-5-23(6-8-26)22-32(44)45)50-36(49)42-12-10-27(11-13-42)43-14-9-25-3-1-2-4-30(25)39-35(43)48/h1-4,19-20,23,26-27,31,46H,5-18,21-22,37-38H2,(H,39,48)(H,44,45)/t23?,26?,31-/m1/s1. The van der Waals surface area contributed by atoms with E-state index in [1.54, 1.807) is 9.80 Å². The molecule has 14 heteroatoms. The summed E-state index contributed by atoms with van der Waals surface area (Å²) in [5, 5.41) is 22.5. The Morgan fingerprint density at radius 2 is 1.52 bits per heavy atom. The lowest BCUT2D eigenvalue weighted by Crippen LogP contribution is -2.55. The van der Waals surface area contributed by atoms with Crippen LogP contribution in [0.3, 0.4) is 0 Å². The summed E-state index contributed by atoms with van der Waals surface area (Å²) in [4.78, 5) is 59.7. The highest BCUT2D eigenvalue weighted by atomic mass is 16.6. The molecule has 4 aliphatic rings. The highest BCUT2D eigenvalue weighted by Crippen LogP contribution is 2.31. The molecule has 3 N–H and O–H groups in total. The largest absolute Gasteiger partial charge is 0.509 e. The van der Waals surface area contributed by atoms with E-state index in [9.17, 15) is 24.3 Å². The first-order chi connectivity index (χ1) is 24.0. The van der Waals surface area contributed by atoms with Crippen LogP contribution in [0.2, 0.25) is 0 Å². The van der Waals surface area contributed by atoms with Crippen LogP contribution < -0.4 is 16.2 Å². The molecule has 0 unspecified atom stereocenters. The fourth-order valence-electron chi connectivity index (χ4n) is 8.32. The number of anilines is 1. The summed E-state index contributed by atoms with van der Waals surface area (Å²) in [7, 11) is 3.63. The molecule has 1 atom stereocenters. The molecule has 0 aromatic heterocycles. The molecular formula is C36H49B2N5O7. The number of hydrogen-bond acceptors (Lipinski definition) is 7. The van der Waals surface area contributed by atoms with Crippen LogP contribution in [-0.4, -0.2) is 134 Å². The molecule has 12 nitrogen and oxygen atoms in total. The van der Waals surface area contributed by atoms with Crippen molar-refractivity contribution in [2.75, 3.05) is 51.1 Å². The van der Waals surface area contributed by atoms with E-state index in [1.165, 1.54) is 0 Å². The number of aromatic hydroxyl groups is 1. The van der Waals surface area contributed by atoms with Crippen LogP contribution >= 0.6 is 0 Å². The molecule has 0 radical (unpaired) electrons. The number of nitrogens with zero attached hydrogens (tertiary/aromatic N) is 4. The third-order valence-electron chi connectivity index (χ3n) is 11.2. The lowest BCUT2D eigenvalue weighted by atomic mass is 9.83. The normalized spacial score (nSPS) is 22.6. The van der Waals surface area contributed by atoms with E-state index >= 15 is 0 Å². The number of hydrogen-bond donors (Lipinski definition) is 3. The van der Waals surface area contributed by atoms with Crippen molar-refractivity contribution in [3.05, 3.63) is 47.5 Å². The van der Waals surface area contributed by atoms with E-state index in [0.29, 0.717) is 62.5 Å². The number of nitrogens with one attached hydrogen (secondary N) is 1. The highest BCUT2D eigenvalue weighted by molar-refractivity contribution is 6.41. The van der Waals surface area contributed by atoms with E-state index in [1.807, 2.05) is 57.0 Å². The number of rotatable bonds is 8. The van der Waals surface area contributed by atoms with Gasteiger partial charge in [-0.1, -0.05) is 30.3 Å². The van der Waals surface area contributed by atoms with Crippen LogP contribution in [0.5, 0.6) is 5.75 Å². The second-order valence-corrected chi connectivity index (χ2v) is 14.5. The summed E-state index contributed by atoms with van der Waals surface area (Å²) in [6.45, 7) is 3.96. The van der Waals surface area contributed by atoms with E-state index < -0.39 is 18.2 Å². The minimum atomic E-state index is -1.02. The molecule has 1 aliphatic carbocycles. The van der Waals surface area contributed by atoms with E-state index in [4.69, 9.17) is 9.84 Å². The van der Waals surface area contributed by atoms with Crippen molar-refractivity contribution in [1.29, 1.82) is 0 Å². The predicted molar refractivity (Wildman–Crippen MR) is 195 cm³/mol. The summed E-state index contributed by atoms with van der Waals surface area (Å²) < 4.78 is 6.05. The number of carboxylic acids is 1. The van der Waals surface area contributed by atoms with Gasteiger partial charge in [-0.25, -0.2) is 9.59 Å². The predicted octanol–water partition coefficient (Wildman–Crippen LogP) is 0.689. The number of piperidine rings is 1. The number of para-hydroxylation sites is 1. The number of carbonyl (C=O) groups excluding carboxylic acids is 3. The number of carbonyl (C=O) groups is 4. The lowest BCUT2D eigenvalue weighted by molar-refractivity contribution is -0.143. The Morgan fingerprint density at radius 1 is 0.860 bits per heavy atom. The van der Waals surface area contributed by atoms with E-state index in [-0.39, 0.29) is 42.5 Å². The molecule has 266 valence electrons. The molecule has 3 aliphatic heterocycles. The monoisotopic (exact) mass is 685 g/mol. The highest BCUT2D eigenvalue weighted by Gasteiger charge is 2.36. The SMILES string of the molecule is Bc1cc(C[C@@H](OC(=O)N2CCC(N3CCc4ccccc4NC3=O)CC2)C(=O)N2CCN(C3CCC(CC(=O)O)CC3)CC2)cc(B)c1O. The molecule has 3 fully saturated rings. The first-order valence-corrected chi connectivity index (χ1v) is 18.2. The van der Waals surface area contributed by atoms with Gasteiger partial charge < -0.3 is 35.0 Å². The van der Waals surface area contributed by atoms with Crippen molar-refractivity contribution < 1.29 is 34.1 Å². The van der Waals surface area contributed by atoms with Gasteiger partial charge in [-0.05, 0) is 79.0 Å². The lowest BCUT2D eigenvalue weighted by Gasteiger charge is -2.42. The maximum absolute atomic E-state index is 14.1. The molecule has 3 heterocycles. The number of phenols is 1. The van der Waals surface area contributed by atoms with Gasteiger partial charge in [0.2, 0.25) is 0 Å². The first-order valence-electron chi connectivity index (χ1n) is 18.2. The summed E-state index contributed by atoms with van der Waals surface area (Å²) in [5.74, 6) is -0.494. The van der Waals surface area contributed by atoms with Crippen molar-refractivity contribution >= 4 is 56.3 Å². The number of phenolic OH excluding ortho intramolecular Hbond substituents is 1. The molecule has 2 saturated heterocycles. The second-order valence-electron chi connectivity index (χ2n) is 14.5. The molecule has 0 spiro atoms. The third kappa shape index (κ3) is 8.39. The van der Waals surface area contributed by atoms with Gasteiger partial charge in [0.05, 0.1) is 0 Å². The number of fused-ring (bicyclic) bond motifs is 1. The molecule has 2 aromatic carbocycles. The van der Waals surface area contributed by atoms with Crippen LogP contribution in [0, 0.1) is 5.92 Å². The zero-order valence-corrected chi connectivity index (χ0v) is 29.3. The van der Waals surface area contributed by atoms with Crippen LogP contribution in [0.1, 0.15) is 56.1 Å².